The molecule has 0 atom stereocenters. The van der Waals surface area contributed by atoms with Gasteiger partial charge in [-0.3, -0.25) is 4.90 Å². The Morgan fingerprint density at radius 3 is 1.12 bits per heavy atom. The summed E-state index contributed by atoms with van der Waals surface area (Å²) in [6, 6.07) is 14.6. The molecule has 0 aliphatic carbocycles. The van der Waals surface area contributed by atoms with Crippen LogP contribution in [0.1, 0.15) is 16.7 Å². The summed E-state index contributed by atoms with van der Waals surface area (Å²) in [5.41, 5.74) is 1.89. The van der Waals surface area contributed by atoms with Crippen LogP contribution in [0.4, 0.5) is 0 Å². The molecule has 0 bridgehead atoms. The number of aromatic hydroxyl groups is 3. The summed E-state index contributed by atoms with van der Waals surface area (Å²) in [7, 11) is 0. The van der Waals surface area contributed by atoms with Gasteiger partial charge >= 0.3 is 0 Å². The summed E-state index contributed by atoms with van der Waals surface area (Å²) >= 11 is 18.1. The Morgan fingerprint density at radius 1 is 0.529 bits per heavy atom. The molecule has 0 fully saturated rings. The average Bonchev–Trinajstić information content (AvgIpc) is 2.80. The normalized spacial score (nSPS) is 12.0. The summed E-state index contributed by atoms with van der Waals surface area (Å²) < 4.78 is 0. The fourth-order valence-corrected chi connectivity index (χ4v) is 3.73. The van der Waals surface area contributed by atoms with E-state index in [4.69, 9.17) is 34.8 Å². The van der Waals surface area contributed by atoms with Crippen LogP contribution in [0.2, 0.25) is 15.1 Å². The number of phenolic OH excluding ortho intramolecular Hbond substituents is 3. The topological polar surface area (TPSA) is 63.9 Å². The molecule has 0 aliphatic heterocycles. The second-order valence-corrected chi connectivity index (χ2v) is 8.84. The molecule has 0 saturated carbocycles. The summed E-state index contributed by atoms with van der Waals surface area (Å²) in [6.07, 6.45) is 11.2. The first-order chi connectivity index (χ1) is 16.3. The molecular weight excluding hydrogens is 493 g/mol. The maximum absolute atomic E-state index is 10.0. The van der Waals surface area contributed by atoms with Crippen molar-refractivity contribution in [1.29, 1.82) is 0 Å². The second-order valence-electron chi connectivity index (χ2n) is 7.54. The first-order valence-corrected chi connectivity index (χ1v) is 11.6. The molecule has 0 unspecified atom stereocenters. The summed E-state index contributed by atoms with van der Waals surface area (Å²) in [6.45, 7) is 1.72. The zero-order valence-electron chi connectivity index (χ0n) is 18.2. The van der Waals surface area contributed by atoms with E-state index >= 15 is 0 Å². The third-order valence-corrected chi connectivity index (χ3v) is 5.66. The van der Waals surface area contributed by atoms with Crippen LogP contribution >= 0.6 is 34.8 Å². The third-order valence-electron chi connectivity index (χ3n) is 4.95. The average molecular weight is 517 g/mol. The van der Waals surface area contributed by atoms with Gasteiger partial charge in [-0.05, 0) is 54.6 Å². The third kappa shape index (κ3) is 7.86. The Hall–Kier alpha value is -2.89. The predicted molar refractivity (Wildman–Crippen MR) is 143 cm³/mol. The monoisotopic (exact) mass is 515 g/mol. The molecule has 0 aliphatic rings. The molecule has 0 radical (unpaired) electrons. The van der Waals surface area contributed by atoms with E-state index in [0.29, 0.717) is 51.4 Å². The van der Waals surface area contributed by atoms with E-state index in [-0.39, 0.29) is 17.2 Å². The van der Waals surface area contributed by atoms with Crippen molar-refractivity contribution in [2.24, 2.45) is 0 Å². The summed E-state index contributed by atoms with van der Waals surface area (Å²) in [5, 5.41) is 31.7. The minimum Gasteiger partial charge on any atom is -0.507 e. The molecule has 0 heterocycles. The van der Waals surface area contributed by atoms with Gasteiger partial charge in [0.1, 0.15) is 17.2 Å². The smallest absolute Gasteiger partial charge is 0.122 e. The lowest BCUT2D eigenvalue weighted by Gasteiger charge is -2.17. The van der Waals surface area contributed by atoms with Crippen LogP contribution in [0.25, 0.3) is 18.2 Å². The standard InChI is InChI=1S/C27H24Cl3NO3/c28-22-7-10-25(32)19(16-22)4-1-13-31(14-2-5-20-17-23(29)8-11-26(20)33)15-3-6-21-18-24(30)9-12-27(21)34/h1-12,16-18,32-34H,13-15H2. The van der Waals surface area contributed by atoms with Gasteiger partial charge in [-0.1, -0.05) is 71.3 Å². The number of rotatable bonds is 9. The van der Waals surface area contributed by atoms with Crippen LogP contribution in [0.5, 0.6) is 17.2 Å². The van der Waals surface area contributed by atoms with Crippen LogP contribution < -0.4 is 0 Å². The SMILES string of the molecule is Oc1ccc(Cl)cc1C=CCN(CC=Cc1cc(Cl)ccc1O)CC=Cc1cc(Cl)ccc1O. The molecule has 7 heteroatoms. The van der Waals surface area contributed by atoms with E-state index in [1.165, 1.54) is 0 Å². The minimum atomic E-state index is 0.153. The minimum absolute atomic E-state index is 0.153. The lowest BCUT2D eigenvalue weighted by molar-refractivity contribution is 0.374. The first kappa shape index (κ1) is 25.7. The molecule has 34 heavy (non-hydrogen) atoms. The molecule has 0 spiro atoms. The number of benzene rings is 3. The van der Waals surface area contributed by atoms with Gasteiger partial charge in [0.15, 0.2) is 0 Å². The van der Waals surface area contributed by atoms with Gasteiger partial charge in [-0.25, -0.2) is 0 Å². The maximum atomic E-state index is 10.0. The van der Waals surface area contributed by atoms with Crippen molar-refractivity contribution >= 4 is 53.0 Å². The van der Waals surface area contributed by atoms with Crippen molar-refractivity contribution in [2.75, 3.05) is 19.6 Å². The molecule has 3 aromatic carbocycles. The quantitative estimate of drug-likeness (QED) is 0.275. The van der Waals surface area contributed by atoms with Crippen LogP contribution in [-0.2, 0) is 0 Å². The molecule has 3 rings (SSSR count). The van der Waals surface area contributed by atoms with Gasteiger partial charge < -0.3 is 15.3 Å². The highest BCUT2D eigenvalue weighted by molar-refractivity contribution is 6.31. The van der Waals surface area contributed by atoms with Gasteiger partial charge in [0.05, 0.1) is 0 Å². The molecule has 0 aromatic heterocycles. The van der Waals surface area contributed by atoms with E-state index in [2.05, 4.69) is 4.90 Å². The van der Waals surface area contributed by atoms with Crippen molar-refractivity contribution in [3.63, 3.8) is 0 Å². The van der Waals surface area contributed by atoms with Gasteiger partial charge in [0, 0.05) is 51.4 Å². The zero-order valence-corrected chi connectivity index (χ0v) is 20.5. The van der Waals surface area contributed by atoms with Gasteiger partial charge in [0.2, 0.25) is 0 Å². The molecule has 3 aromatic rings. The van der Waals surface area contributed by atoms with Crippen LogP contribution in [0, 0.1) is 0 Å². The van der Waals surface area contributed by atoms with Gasteiger partial charge in [0.25, 0.3) is 0 Å². The Balaban J connectivity index is 1.73. The van der Waals surface area contributed by atoms with Crippen molar-refractivity contribution in [3.8, 4) is 17.2 Å². The number of hydrogen-bond donors (Lipinski definition) is 3. The number of phenols is 3. The van der Waals surface area contributed by atoms with E-state index in [1.54, 1.807) is 54.6 Å². The number of halogens is 3. The van der Waals surface area contributed by atoms with E-state index < -0.39 is 0 Å². The Bertz CT molecular complexity index is 1070. The highest BCUT2D eigenvalue weighted by atomic mass is 35.5. The second kappa shape index (κ2) is 12.5. The first-order valence-electron chi connectivity index (χ1n) is 10.5. The molecule has 3 N–H and O–H groups in total. The maximum Gasteiger partial charge on any atom is 0.122 e. The molecular formula is C27H24Cl3NO3. The van der Waals surface area contributed by atoms with E-state index in [1.807, 2.05) is 36.5 Å². The highest BCUT2D eigenvalue weighted by Crippen LogP contribution is 2.24. The Kier molecular flexibility index (Phi) is 9.49. The zero-order chi connectivity index (χ0) is 24.5. The van der Waals surface area contributed by atoms with Gasteiger partial charge in [-0.15, -0.1) is 0 Å². The highest BCUT2D eigenvalue weighted by Gasteiger charge is 2.03. The van der Waals surface area contributed by atoms with E-state index in [9.17, 15) is 15.3 Å². The van der Waals surface area contributed by atoms with Gasteiger partial charge in [-0.2, -0.15) is 0 Å². The van der Waals surface area contributed by atoms with Crippen LogP contribution in [-0.4, -0.2) is 39.9 Å². The van der Waals surface area contributed by atoms with Crippen LogP contribution in [0.15, 0.2) is 72.8 Å². The lowest BCUT2D eigenvalue weighted by Crippen LogP contribution is -2.24. The number of hydrogen-bond acceptors (Lipinski definition) is 4. The predicted octanol–water partition coefficient (Wildman–Crippen LogP) is 7.51. The van der Waals surface area contributed by atoms with Crippen LogP contribution in [0.3, 0.4) is 0 Å². The molecule has 0 amide bonds. The molecule has 0 saturated heterocycles. The fourth-order valence-electron chi connectivity index (χ4n) is 3.19. The number of nitrogens with zero attached hydrogens (tertiary/aromatic N) is 1. The Labute approximate surface area is 214 Å². The van der Waals surface area contributed by atoms with E-state index in [0.717, 1.165) is 0 Å². The van der Waals surface area contributed by atoms with Crippen molar-refractivity contribution in [2.45, 2.75) is 0 Å². The lowest BCUT2D eigenvalue weighted by atomic mass is 10.1. The summed E-state index contributed by atoms with van der Waals surface area (Å²) in [4.78, 5) is 2.12. The fraction of sp³-hybridized carbons (Fsp3) is 0.111. The molecule has 176 valence electrons. The molecule has 4 nitrogen and oxygen atoms in total. The Morgan fingerprint density at radius 2 is 0.824 bits per heavy atom. The van der Waals surface area contributed by atoms with Crippen molar-refractivity contribution < 1.29 is 15.3 Å². The summed E-state index contributed by atoms with van der Waals surface area (Å²) in [5.74, 6) is 0.458. The van der Waals surface area contributed by atoms with Crippen molar-refractivity contribution in [3.05, 3.63) is 105 Å². The largest absolute Gasteiger partial charge is 0.507 e. The van der Waals surface area contributed by atoms with Crippen molar-refractivity contribution in [1.82, 2.24) is 4.90 Å².